The summed E-state index contributed by atoms with van der Waals surface area (Å²) in [6, 6.07) is 13.9. The molecule has 156 valence electrons. The number of benzene rings is 1. The van der Waals surface area contributed by atoms with Crippen molar-refractivity contribution in [3.05, 3.63) is 64.8 Å². The summed E-state index contributed by atoms with van der Waals surface area (Å²) in [6.45, 7) is 2.43. The minimum Gasteiger partial charge on any atom is -0.349 e. The maximum atomic E-state index is 12.8. The van der Waals surface area contributed by atoms with E-state index in [4.69, 9.17) is 0 Å². The topological polar surface area (TPSA) is 65.5 Å². The van der Waals surface area contributed by atoms with Crippen molar-refractivity contribution in [2.75, 3.05) is 33.7 Å². The van der Waals surface area contributed by atoms with Crippen LogP contribution in [0.5, 0.6) is 0 Å². The standard InChI is InChI=1S/C23H26N4O2S/c1-26(2)23(29)22-21(18-8-3-4-9-19(18)30-22)16-10-12-27(14-16)15-20(28)25-13-17-7-5-6-11-24-17/h3-9,11,16H,10,12-15H2,1-2H3,(H,25,28). The second-order valence-corrected chi connectivity index (χ2v) is 8.91. The van der Waals surface area contributed by atoms with Gasteiger partial charge in [0.25, 0.3) is 5.91 Å². The van der Waals surface area contributed by atoms with Crippen LogP contribution in [0, 0.1) is 0 Å². The first-order valence-corrected chi connectivity index (χ1v) is 11.0. The quantitative estimate of drug-likeness (QED) is 0.663. The molecule has 2 aromatic heterocycles. The van der Waals surface area contributed by atoms with Gasteiger partial charge in [0.15, 0.2) is 0 Å². The molecule has 0 bridgehead atoms. The number of nitrogens with zero attached hydrogens (tertiary/aromatic N) is 3. The summed E-state index contributed by atoms with van der Waals surface area (Å²) in [6.07, 6.45) is 2.67. The minimum absolute atomic E-state index is 0.000992. The fraction of sp³-hybridized carbons (Fsp3) is 0.348. The van der Waals surface area contributed by atoms with Gasteiger partial charge in [-0.2, -0.15) is 0 Å². The fourth-order valence-electron chi connectivity index (χ4n) is 4.00. The molecule has 1 atom stereocenters. The number of thiophene rings is 1. The van der Waals surface area contributed by atoms with E-state index >= 15 is 0 Å². The Morgan fingerprint density at radius 3 is 2.77 bits per heavy atom. The van der Waals surface area contributed by atoms with Gasteiger partial charge >= 0.3 is 0 Å². The molecule has 3 aromatic rings. The number of hydrogen-bond acceptors (Lipinski definition) is 5. The van der Waals surface area contributed by atoms with E-state index in [0.717, 1.165) is 40.3 Å². The van der Waals surface area contributed by atoms with Gasteiger partial charge in [-0.05, 0) is 42.1 Å². The SMILES string of the molecule is CN(C)C(=O)c1sc2ccccc2c1C1CCN(CC(=O)NCc2ccccn2)C1. The molecule has 6 nitrogen and oxygen atoms in total. The predicted molar refractivity (Wildman–Crippen MR) is 120 cm³/mol. The Morgan fingerprint density at radius 1 is 1.20 bits per heavy atom. The third kappa shape index (κ3) is 4.37. The lowest BCUT2D eigenvalue weighted by Gasteiger charge is -2.17. The molecule has 0 radical (unpaired) electrons. The van der Waals surface area contributed by atoms with Crippen molar-refractivity contribution in [2.45, 2.75) is 18.9 Å². The molecule has 1 fully saturated rings. The van der Waals surface area contributed by atoms with Gasteiger partial charge in [-0.3, -0.25) is 19.5 Å². The molecule has 0 aliphatic carbocycles. The number of aromatic nitrogens is 1. The van der Waals surface area contributed by atoms with E-state index in [0.29, 0.717) is 13.1 Å². The molecule has 1 saturated heterocycles. The fourth-order valence-corrected chi connectivity index (χ4v) is 5.31. The number of fused-ring (bicyclic) bond motifs is 1. The van der Waals surface area contributed by atoms with Crippen molar-refractivity contribution in [2.24, 2.45) is 0 Å². The van der Waals surface area contributed by atoms with Crippen molar-refractivity contribution in [1.29, 1.82) is 0 Å². The van der Waals surface area contributed by atoms with Gasteiger partial charge in [0.1, 0.15) is 0 Å². The van der Waals surface area contributed by atoms with Gasteiger partial charge in [-0.15, -0.1) is 11.3 Å². The third-order valence-electron chi connectivity index (χ3n) is 5.47. The predicted octanol–water partition coefficient (Wildman–Crippen LogP) is 3.10. The largest absolute Gasteiger partial charge is 0.349 e. The zero-order chi connectivity index (χ0) is 21.1. The Hall–Kier alpha value is -2.77. The molecule has 1 N–H and O–H groups in total. The van der Waals surface area contributed by atoms with E-state index in [-0.39, 0.29) is 17.7 Å². The van der Waals surface area contributed by atoms with Crippen LogP contribution < -0.4 is 5.32 Å². The molecular formula is C23H26N4O2S. The molecule has 4 rings (SSSR count). The first-order chi connectivity index (χ1) is 14.5. The molecule has 30 heavy (non-hydrogen) atoms. The number of likely N-dealkylation sites (tertiary alicyclic amines) is 1. The van der Waals surface area contributed by atoms with E-state index < -0.39 is 0 Å². The normalized spacial score (nSPS) is 16.7. The average molecular weight is 423 g/mol. The molecule has 7 heteroatoms. The summed E-state index contributed by atoms with van der Waals surface area (Å²) in [5.74, 6) is 0.308. The van der Waals surface area contributed by atoms with Crippen LogP contribution in [0.25, 0.3) is 10.1 Å². The molecule has 1 unspecified atom stereocenters. The van der Waals surface area contributed by atoms with E-state index in [1.54, 1.807) is 36.5 Å². The van der Waals surface area contributed by atoms with Crippen LogP contribution in [0.1, 0.15) is 33.3 Å². The Labute approximate surface area is 180 Å². The summed E-state index contributed by atoms with van der Waals surface area (Å²) < 4.78 is 1.14. The molecule has 1 aliphatic rings. The summed E-state index contributed by atoms with van der Waals surface area (Å²) in [5, 5.41) is 4.11. The number of rotatable bonds is 6. The Balaban J connectivity index is 1.45. The highest BCUT2D eigenvalue weighted by atomic mass is 32.1. The van der Waals surface area contributed by atoms with E-state index in [2.05, 4.69) is 27.3 Å². The molecule has 0 saturated carbocycles. The first-order valence-electron chi connectivity index (χ1n) is 10.1. The van der Waals surface area contributed by atoms with Crippen LogP contribution >= 0.6 is 11.3 Å². The first kappa shape index (κ1) is 20.5. The second-order valence-electron chi connectivity index (χ2n) is 7.86. The van der Waals surface area contributed by atoms with Gasteiger partial charge in [0, 0.05) is 37.5 Å². The maximum Gasteiger partial charge on any atom is 0.263 e. The summed E-state index contributed by atoms with van der Waals surface area (Å²) >= 11 is 1.57. The smallest absolute Gasteiger partial charge is 0.263 e. The third-order valence-corrected chi connectivity index (χ3v) is 6.65. The van der Waals surface area contributed by atoms with Crippen molar-refractivity contribution < 1.29 is 9.59 Å². The number of amides is 2. The van der Waals surface area contributed by atoms with Crippen molar-refractivity contribution in [1.82, 2.24) is 20.1 Å². The van der Waals surface area contributed by atoms with Crippen LogP contribution in [0.15, 0.2) is 48.7 Å². The monoisotopic (exact) mass is 422 g/mol. The van der Waals surface area contributed by atoms with Crippen LogP contribution in [-0.4, -0.2) is 60.3 Å². The lowest BCUT2D eigenvalue weighted by molar-refractivity contribution is -0.122. The van der Waals surface area contributed by atoms with Crippen molar-refractivity contribution >= 4 is 33.2 Å². The van der Waals surface area contributed by atoms with Gasteiger partial charge in [0.05, 0.1) is 23.7 Å². The van der Waals surface area contributed by atoms with E-state index in [1.165, 1.54) is 5.39 Å². The van der Waals surface area contributed by atoms with Crippen molar-refractivity contribution in [3.8, 4) is 0 Å². The summed E-state index contributed by atoms with van der Waals surface area (Å²) in [7, 11) is 3.59. The van der Waals surface area contributed by atoms with Gasteiger partial charge in [0.2, 0.25) is 5.91 Å². The minimum atomic E-state index is 0.000992. The van der Waals surface area contributed by atoms with E-state index in [9.17, 15) is 9.59 Å². The van der Waals surface area contributed by atoms with Crippen molar-refractivity contribution in [3.63, 3.8) is 0 Å². The van der Waals surface area contributed by atoms with Crippen LogP contribution in [0.4, 0.5) is 0 Å². The van der Waals surface area contributed by atoms with Gasteiger partial charge in [-0.1, -0.05) is 24.3 Å². The number of carbonyl (C=O) groups excluding carboxylic acids is 2. The molecular weight excluding hydrogens is 396 g/mol. The second kappa shape index (κ2) is 8.93. The van der Waals surface area contributed by atoms with Gasteiger partial charge < -0.3 is 10.2 Å². The Morgan fingerprint density at radius 2 is 2.00 bits per heavy atom. The molecule has 3 heterocycles. The zero-order valence-electron chi connectivity index (χ0n) is 17.3. The highest BCUT2D eigenvalue weighted by Crippen LogP contribution is 2.40. The lowest BCUT2D eigenvalue weighted by atomic mass is 9.95. The van der Waals surface area contributed by atoms with Crippen LogP contribution in [0.2, 0.25) is 0 Å². The Kier molecular flexibility index (Phi) is 6.11. The zero-order valence-corrected chi connectivity index (χ0v) is 18.1. The van der Waals surface area contributed by atoms with Crippen LogP contribution in [0.3, 0.4) is 0 Å². The summed E-state index contributed by atoms with van der Waals surface area (Å²) in [5.41, 5.74) is 1.99. The summed E-state index contributed by atoms with van der Waals surface area (Å²) in [4.78, 5) is 34.1. The highest BCUT2D eigenvalue weighted by molar-refractivity contribution is 7.21. The molecule has 1 aliphatic heterocycles. The lowest BCUT2D eigenvalue weighted by Crippen LogP contribution is -2.35. The average Bonchev–Trinajstić information content (AvgIpc) is 3.36. The number of pyridine rings is 1. The van der Waals surface area contributed by atoms with E-state index in [1.807, 2.05) is 30.3 Å². The number of carbonyl (C=O) groups is 2. The Bertz CT molecular complexity index is 1050. The molecule has 2 amide bonds. The van der Waals surface area contributed by atoms with Gasteiger partial charge in [-0.25, -0.2) is 0 Å². The van der Waals surface area contributed by atoms with Crippen LogP contribution in [-0.2, 0) is 11.3 Å². The molecule has 0 spiro atoms. The number of nitrogens with one attached hydrogen (secondary N) is 1. The number of hydrogen-bond donors (Lipinski definition) is 1. The molecule has 1 aromatic carbocycles. The maximum absolute atomic E-state index is 12.8. The highest BCUT2D eigenvalue weighted by Gasteiger charge is 2.31.